The van der Waals surface area contributed by atoms with Crippen LogP contribution < -0.4 is 5.32 Å². The molecule has 1 N–H and O–H groups in total. The van der Waals surface area contributed by atoms with E-state index >= 15 is 0 Å². The van der Waals surface area contributed by atoms with Crippen molar-refractivity contribution in [2.75, 3.05) is 13.6 Å². The minimum Gasteiger partial charge on any atom is -0.319 e. The second kappa shape index (κ2) is 5.05. The van der Waals surface area contributed by atoms with E-state index in [-0.39, 0.29) is 0 Å². The molecule has 78 valence electrons. The molecule has 0 saturated heterocycles. The molecule has 2 rings (SSSR count). The van der Waals surface area contributed by atoms with Crippen LogP contribution in [0.2, 0.25) is 0 Å². The number of hydrogen-bond acceptors (Lipinski definition) is 3. The van der Waals surface area contributed by atoms with E-state index in [2.05, 4.69) is 22.4 Å². The predicted molar refractivity (Wildman–Crippen MR) is 65.2 cm³/mol. The average Bonchev–Trinajstić information content (AvgIpc) is 2.76. The van der Waals surface area contributed by atoms with Crippen molar-refractivity contribution in [1.29, 1.82) is 0 Å². The largest absolute Gasteiger partial charge is 0.319 e. The van der Waals surface area contributed by atoms with Crippen molar-refractivity contribution in [2.45, 2.75) is 6.42 Å². The van der Waals surface area contributed by atoms with Crippen LogP contribution >= 0.6 is 11.3 Å². The molecule has 0 bridgehead atoms. The lowest BCUT2D eigenvalue weighted by molar-refractivity contribution is 0.798. The molecule has 2 aromatic rings. The van der Waals surface area contributed by atoms with E-state index in [0.29, 0.717) is 0 Å². The zero-order valence-electron chi connectivity index (χ0n) is 8.73. The lowest BCUT2D eigenvalue weighted by Crippen LogP contribution is -2.09. The Morgan fingerprint density at radius 1 is 1.27 bits per heavy atom. The smallest absolute Gasteiger partial charge is 0.123 e. The van der Waals surface area contributed by atoms with Crippen molar-refractivity contribution in [1.82, 2.24) is 10.3 Å². The van der Waals surface area contributed by atoms with Gasteiger partial charge in [-0.3, -0.25) is 0 Å². The summed E-state index contributed by atoms with van der Waals surface area (Å²) < 4.78 is 0. The van der Waals surface area contributed by atoms with Gasteiger partial charge in [0.1, 0.15) is 5.01 Å². The van der Waals surface area contributed by atoms with Gasteiger partial charge in [0.25, 0.3) is 0 Å². The second-order valence-electron chi connectivity index (χ2n) is 3.35. The summed E-state index contributed by atoms with van der Waals surface area (Å²) in [5.74, 6) is 0. The van der Waals surface area contributed by atoms with E-state index in [1.54, 1.807) is 11.3 Å². The summed E-state index contributed by atoms with van der Waals surface area (Å²) in [6.45, 7) is 1.01. The highest BCUT2D eigenvalue weighted by molar-refractivity contribution is 7.15. The van der Waals surface area contributed by atoms with Gasteiger partial charge in [-0.2, -0.15) is 0 Å². The number of nitrogens with one attached hydrogen (secondary N) is 1. The molecule has 0 aliphatic carbocycles. The van der Waals surface area contributed by atoms with Crippen LogP contribution in [0.1, 0.15) is 4.88 Å². The van der Waals surface area contributed by atoms with Gasteiger partial charge in [-0.05, 0) is 20.0 Å². The Labute approximate surface area is 94.0 Å². The lowest BCUT2D eigenvalue weighted by atomic mass is 10.2. The Morgan fingerprint density at radius 2 is 2.07 bits per heavy atom. The summed E-state index contributed by atoms with van der Waals surface area (Å²) in [6.07, 6.45) is 3.03. The first kappa shape index (κ1) is 10.3. The van der Waals surface area contributed by atoms with E-state index < -0.39 is 0 Å². The molecular formula is C12H14N2S. The van der Waals surface area contributed by atoms with Crippen molar-refractivity contribution < 1.29 is 0 Å². The summed E-state index contributed by atoms with van der Waals surface area (Å²) in [5, 5.41) is 4.26. The number of nitrogens with zero attached hydrogens (tertiary/aromatic N) is 1. The van der Waals surface area contributed by atoms with Crippen molar-refractivity contribution in [2.24, 2.45) is 0 Å². The first-order valence-corrected chi connectivity index (χ1v) is 5.86. The van der Waals surface area contributed by atoms with E-state index in [9.17, 15) is 0 Å². The highest BCUT2D eigenvalue weighted by atomic mass is 32.1. The highest BCUT2D eigenvalue weighted by Gasteiger charge is 2.03. The SMILES string of the molecule is CNCCc1cnc(-c2ccccc2)s1. The summed E-state index contributed by atoms with van der Waals surface area (Å²) in [7, 11) is 1.97. The zero-order valence-corrected chi connectivity index (χ0v) is 9.55. The normalized spacial score (nSPS) is 10.5. The predicted octanol–water partition coefficient (Wildman–Crippen LogP) is 2.57. The van der Waals surface area contributed by atoms with E-state index in [0.717, 1.165) is 18.0 Å². The molecule has 0 fully saturated rings. The molecule has 2 nitrogen and oxygen atoms in total. The standard InChI is InChI=1S/C12H14N2S/c1-13-8-7-11-9-14-12(15-11)10-5-3-2-4-6-10/h2-6,9,13H,7-8H2,1H3. The fourth-order valence-corrected chi connectivity index (χ4v) is 2.30. The maximum Gasteiger partial charge on any atom is 0.123 e. The minimum absolute atomic E-state index is 1.01. The molecule has 0 spiro atoms. The van der Waals surface area contributed by atoms with Gasteiger partial charge < -0.3 is 5.32 Å². The highest BCUT2D eigenvalue weighted by Crippen LogP contribution is 2.24. The summed E-state index contributed by atoms with van der Waals surface area (Å²) in [4.78, 5) is 5.77. The number of aromatic nitrogens is 1. The molecule has 1 aromatic carbocycles. The van der Waals surface area contributed by atoms with Crippen molar-refractivity contribution in [3.8, 4) is 10.6 Å². The van der Waals surface area contributed by atoms with Gasteiger partial charge in [-0.25, -0.2) is 4.98 Å². The third-order valence-electron chi connectivity index (χ3n) is 2.20. The number of likely N-dealkylation sites (N-methyl/N-ethyl adjacent to an activating group) is 1. The number of rotatable bonds is 4. The summed E-state index contributed by atoms with van der Waals surface area (Å²) in [6, 6.07) is 10.3. The lowest BCUT2D eigenvalue weighted by Gasteiger charge is -1.94. The van der Waals surface area contributed by atoms with Crippen molar-refractivity contribution >= 4 is 11.3 Å². The van der Waals surface area contributed by atoms with Crippen LogP contribution in [0.25, 0.3) is 10.6 Å². The van der Waals surface area contributed by atoms with E-state index in [1.807, 2.05) is 31.4 Å². The fraction of sp³-hybridized carbons (Fsp3) is 0.250. The maximum absolute atomic E-state index is 4.43. The van der Waals surface area contributed by atoms with E-state index in [1.165, 1.54) is 10.4 Å². The van der Waals surface area contributed by atoms with Gasteiger partial charge in [0.15, 0.2) is 0 Å². The Morgan fingerprint density at radius 3 is 2.80 bits per heavy atom. The second-order valence-corrected chi connectivity index (χ2v) is 4.47. The van der Waals surface area contributed by atoms with Gasteiger partial charge >= 0.3 is 0 Å². The number of thiazole rings is 1. The molecule has 0 amide bonds. The van der Waals surface area contributed by atoms with Crippen LogP contribution in [0.5, 0.6) is 0 Å². The molecule has 0 unspecified atom stereocenters. The Bertz CT molecular complexity index is 409. The molecule has 1 aromatic heterocycles. The van der Waals surface area contributed by atoms with Crippen LogP contribution in [-0.4, -0.2) is 18.6 Å². The third-order valence-corrected chi connectivity index (χ3v) is 3.30. The average molecular weight is 218 g/mol. The minimum atomic E-state index is 1.01. The topological polar surface area (TPSA) is 24.9 Å². The Balaban J connectivity index is 2.14. The zero-order chi connectivity index (χ0) is 10.5. The molecular weight excluding hydrogens is 204 g/mol. The number of hydrogen-bond donors (Lipinski definition) is 1. The van der Waals surface area contributed by atoms with Crippen LogP contribution in [0, 0.1) is 0 Å². The van der Waals surface area contributed by atoms with Crippen LogP contribution in [0.4, 0.5) is 0 Å². The molecule has 0 saturated carbocycles. The number of benzene rings is 1. The molecule has 0 aliphatic rings. The van der Waals surface area contributed by atoms with Gasteiger partial charge in [-0.1, -0.05) is 30.3 Å². The molecule has 15 heavy (non-hydrogen) atoms. The molecule has 1 heterocycles. The Hall–Kier alpha value is -1.19. The summed E-state index contributed by atoms with van der Waals surface area (Å²) in [5.41, 5.74) is 1.21. The van der Waals surface area contributed by atoms with Gasteiger partial charge in [0.05, 0.1) is 0 Å². The first-order chi connectivity index (χ1) is 7.40. The van der Waals surface area contributed by atoms with E-state index in [4.69, 9.17) is 0 Å². The quantitative estimate of drug-likeness (QED) is 0.853. The molecule has 0 atom stereocenters. The molecule has 3 heteroatoms. The van der Waals surface area contributed by atoms with Crippen LogP contribution in [0.15, 0.2) is 36.5 Å². The summed E-state index contributed by atoms with van der Waals surface area (Å²) >= 11 is 1.77. The monoisotopic (exact) mass is 218 g/mol. The van der Waals surface area contributed by atoms with Gasteiger partial charge in [-0.15, -0.1) is 11.3 Å². The fourth-order valence-electron chi connectivity index (χ4n) is 1.39. The van der Waals surface area contributed by atoms with Gasteiger partial charge in [0, 0.05) is 16.6 Å². The molecule has 0 radical (unpaired) electrons. The molecule has 0 aliphatic heterocycles. The van der Waals surface area contributed by atoms with Crippen LogP contribution in [0.3, 0.4) is 0 Å². The third kappa shape index (κ3) is 2.64. The first-order valence-electron chi connectivity index (χ1n) is 5.05. The van der Waals surface area contributed by atoms with Gasteiger partial charge in [0.2, 0.25) is 0 Å². The Kier molecular flexibility index (Phi) is 3.48. The van der Waals surface area contributed by atoms with Crippen molar-refractivity contribution in [3.05, 3.63) is 41.4 Å². The van der Waals surface area contributed by atoms with Crippen molar-refractivity contribution in [3.63, 3.8) is 0 Å². The maximum atomic E-state index is 4.43. The van der Waals surface area contributed by atoms with Crippen LogP contribution in [-0.2, 0) is 6.42 Å².